The summed E-state index contributed by atoms with van der Waals surface area (Å²) in [6, 6.07) is 0. The first kappa shape index (κ1) is 14.7. The number of nitrogens with one attached hydrogen (secondary N) is 1. The van der Waals surface area contributed by atoms with E-state index in [1.54, 1.807) is 6.92 Å². The van der Waals surface area contributed by atoms with E-state index in [1.165, 1.54) is 23.5 Å². The lowest BCUT2D eigenvalue weighted by Gasteiger charge is -2.36. The van der Waals surface area contributed by atoms with Gasteiger partial charge in [-0.05, 0) is 37.0 Å². The maximum atomic E-state index is 11.5. The van der Waals surface area contributed by atoms with Crippen molar-refractivity contribution in [1.29, 1.82) is 0 Å². The molecule has 0 aromatic carbocycles. The Bertz CT molecular complexity index is 613. The summed E-state index contributed by atoms with van der Waals surface area (Å²) >= 11 is 1.39. The smallest absolute Gasteiger partial charge is 0.204 e. The molecule has 2 aliphatic carbocycles. The molecule has 0 radical (unpaired) electrons. The highest BCUT2D eigenvalue weighted by atomic mass is 32.1. The van der Waals surface area contributed by atoms with Gasteiger partial charge in [0.1, 0.15) is 0 Å². The van der Waals surface area contributed by atoms with E-state index >= 15 is 0 Å². The van der Waals surface area contributed by atoms with Gasteiger partial charge in [-0.25, -0.2) is 4.98 Å². The normalized spacial score (nSPS) is 31.9. The largest absolute Gasteiger partial charge is 0.294 e. The van der Waals surface area contributed by atoms with Crippen LogP contribution in [0.5, 0.6) is 0 Å². The Kier molecular flexibility index (Phi) is 3.43. The molecular formula is C16H23N3OS. The first-order valence-electron chi connectivity index (χ1n) is 7.61. The maximum absolute atomic E-state index is 11.5. The van der Waals surface area contributed by atoms with Crippen LogP contribution < -0.4 is 5.43 Å². The van der Waals surface area contributed by atoms with Crippen LogP contribution in [0.15, 0.2) is 5.10 Å². The Balaban J connectivity index is 1.74. The lowest BCUT2D eigenvalue weighted by Crippen LogP contribution is -2.33. The highest BCUT2D eigenvalue weighted by Crippen LogP contribution is 2.57. The van der Waals surface area contributed by atoms with Gasteiger partial charge in [0.15, 0.2) is 5.78 Å². The zero-order valence-electron chi connectivity index (χ0n) is 13.4. The van der Waals surface area contributed by atoms with Crippen molar-refractivity contribution in [3.05, 3.63) is 10.6 Å². The number of anilines is 1. The third-order valence-corrected chi connectivity index (χ3v) is 6.83. The lowest BCUT2D eigenvalue weighted by atomic mass is 9.69. The van der Waals surface area contributed by atoms with Gasteiger partial charge in [0.25, 0.3) is 0 Å². The van der Waals surface area contributed by atoms with E-state index in [0.29, 0.717) is 17.3 Å². The molecule has 4 nitrogen and oxygen atoms in total. The molecule has 2 fully saturated rings. The molecule has 2 aliphatic rings. The summed E-state index contributed by atoms with van der Waals surface area (Å²) in [5.74, 6) is 2.11. The van der Waals surface area contributed by atoms with Crippen molar-refractivity contribution in [3.8, 4) is 0 Å². The fourth-order valence-corrected chi connectivity index (χ4v) is 4.70. The third kappa shape index (κ3) is 2.31. The lowest BCUT2D eigenvalue weighted by molar-refractivity contribution is 0.102. The van der Waals surface area contributed by atoms with Crippen LogP contribution in [0, 0.1) is 30.1 Å². The second-order valence-electron chi connectivity index (χ2n) is 7.06. The molecule has 3 atom stereocenters. The number of carbonyl (C=O) groups excluding carboxylic acids is 1. The van der Waals surface area contributed by atoms with E-state index in [-0.39, 0.29) is 5.78 Å². The molecule has 0 amide bonds. The van der Waals surface area contributed by atoms with Gasteiger partial charge >= 0.3 is 0 Å². The molecule has 2 saturated carbocycles. The molecule has 21 heavy (non-hydrogen) atoms. The van der Waals surface area contributed by atoms with Crippen LogP contribution in [0.4, 0.5) is 5.13 Å². The minimum absolute atomic E-state index is 0.0704. The fraction of sp³-hybridized carbons (Fsp3) is 0.688. The van der Waals surface area contributed by atoms with Gasteiger partial charge in [0, 0.05) is 18.6 Å². The number of Topliss-reactive ketones (excluding diaryl/α,β-unsaturated/α-hetero) is 1. The van der Waals surface area contributed by atoms with Crippen LogP contribution in [-0.2, 0) is 0 Å². The predicted molar refractivity (Wildman–Crippen MR) is 87.1 cm³/mol. The number of nitrogens with zero attached hydrogens (tertiary/aromatic N) is 2. The summed E-state index contributed by atoms with van der Waals surface area (Å²) in [7, 11) is 0. The average Bonchev–Trinajstić information content (AvgIpc) is 3.03. The number of hydrogen-bond donors (Lipinski definition) is 1. The zero-order chi connectivity index (χ0) is 15.4. The molecule has 1 heterocycles. The first-order valence-corrected chi connectivity index (χ1v) is 8.43. The summed E-state index contributed by atoms with van der Waals surface area (Å²) in [5, 5.41) is 5.33. The van der Waals surface area contributed by atoms with Crippen LogP contribution in [-0.4, -0.2) is 16.5 Å². The number of aromatic nitrogens is 1. The molecule has 0 unspecified atom stereocenters. The Morgan fingerprint density at radius 2 is 2.19 bits per heavy atom. The fourth-order valence-electron chi connectivity index (χ4n) is 3.90. The molecule has 1 aromatic heterocycles. The molecule has 3 rings (SSSR count). The van der Waals surface area contributed by atoms with Gasteiger partial charge in [-0.2, -0.15) is 5.10 Å². The second-order valence-corrected chi connectivity index (χ2v) is 8.06. The quantitative estimate of drug-likeness (QED) is 0.675. The van der Waals surface area contributed by atoms with Crippen LogP contribution >= 0.6 is 11.3 Å². The van der Waals surface area contributed by atoms with E-state index in [1.807, 2.05) is 6.92 Å². The van der Waals surface area contributed by atoms with Crippen LogP contribution in [0.1, 0.15) is 55.9 Å². The van der Waals surface area contributed by atoms with Crippen LogP contribution in [0.2, 0.25) is 0 Å². The summed E-state index contributed by atoms with van der Waals surface area (Å²) in [6.07, 6.45) is 2.36. The second kappa shape index (κ2) is 4.90. The number of thiazole rings is 1. The Hall–Kier alpha value is -1.23. The predicted octanol–water partition coefficient (Wildman–Crippen LogP) is 4.12. The molecule has 0 spiro atoms. The van der Waals surface area contributed by atoms with E-state index in [2.05, 4.69) is 36.3 Å². The number of rotatable bonds is 3. The molecule has 2 bridgehead atoms. The summed E-state index contributed by atoms with van der Waals surface area (Å²) in [4.78, 5) is 16.6. The Morgan fingerprint density at radius 1 is 1.48 bits per heavy atom. The average molecular weight is 305 g/mol. The van der Waals surface area contributed by atoms with Gasteiger partial charge < -0.3 is 0 Å². The number of aryl methyl sites for hydroxylation is 1. The topological polar surface area (TPSA) is 54.4 Å². The first-order chi connectivity index (χ1) is 9.80. The number of hydrazone groups is 1. The Morgan fingerprint density at radius 3 is 2.71 bits per heavy atom. The number of hydrogen-bond acceptors (Lipinski definition) is 5. The summed E-state index contributed by atoms with van der Waals surface area (Å²) in [6.45, 7) is 10.6. The van der Waals surface area contributed by atoms with Gasteiger partial charge in [0.2, 0.25) is 5.13 Å². The molecule has 1 N–H and O–H groups in total. The summed E-state index contributed by atoms with van der Waals surface area (Å²) < 4.78 is 0. The van der Waals surface area contributed by atoms with Gasteiger partial charge in [-0.1, -0.05) is 32.1 Å². The van der Waals surface area contributed by atoms with Crippen molar-refractivity contribution in [1.82, 2.24) is 4.98 Å². The molecule has 0 aliphatic heterocycles. The highest BCUT2D eigenvalue weighted by Gasteiger charge is 2.53. The van der Waals surface area contributed by atoms with Gasteiger partial charge in [-0.15, -0.1) is 0 Å². The van der Waals surface area contributed by atoms with Crippen molar-refractivity contribution >= 4 is 28.0 Å². The van der Waals surface area contributed by atoms with E-state index in [4.69, 9.17) is 0 Å². The number of carbonyl (C=O) groups is 1. The maximum Gasteiger partial charge on any atom is 0.204 e. The third-order valence-electron chi connectivity index (χ3n) is 5.66. The SMILES string of the molecule is CC(=O)c1sc(N/N=C2/C[C@H]3C[C@H]2[C@@H](C)C3(C)C)nc1C. The molecule has 5 heteroatoms. The van der Waals surface area contributed by atoms with E-state index < -0.39 is 0 Å². The van der Waals surface area contributed by atoms with Crippen molar-refractivity contribution in [2.24, 2.45) is 28.3 Å². The molecule has 0 saturated heterocycles. The van der Waals surface area contributed by atoms with Crippen molar-refractivity contribution < 1.29 is 4.79 Å². The highest BCUT2D eigenvalue weighted by molar-refractivity contribution is 7.17. The monoisotopic (exact) mass is 305 g/mol. The van der Waals surface area contributed by atoms with Gasteiger partial charge in [-0.3, -0.25) is 10.2 Å². The van der Waals surface area contributed by atoms with Crippen molar-refractivity contribution in [2.45, 2.75) is 47.5 Å². The van der Waals surface area contributed by atoms with Crippen molar-refractivity contribution in [2.75, 3.05) is 5.43 Å². The van der Waals surface area contributed by atoms with Crippen LogP contribution in [0.25, 0.3) is 0 Å². The summed E-state index contributed by atoms with van der Waals surface area (Å²) in [5.41, 5.74) is 5.58. The van der Waals surface area contributed by atoms with E-state index in [9.17, 15) is 4.79 Å². The standard InChI is InChI=1S/C16H23N3OS/c1-8-12-6-11(16(8,4)5)7-13(12)18-19-15-17-9(2)14(21-15)10(3)20/h8,11-12H,6-7H2,1-5H3,(H,17,19)/b18-13-/t8-,11-,12+/m1/s1. The molecule has 1 aromatic rings. The molecule has 114 valence electrons. The minimum Gasteiger partial charge on any atom is -0.294 e. The number of ketones is 1. The van der Waals surface area contributed by atoms with Gasteiger partial charge in [0.05, 0.1) is 10.6 Å². The molecular weight excluding hydrogens is 282 g/mol. The Labute approximate surface area is 130 Å². The van der Waals surface area contributed by atoms with E-state index in [0.717, 1.165) is 28.0 Å². The number of fused-ring (bicyclic) bond motifs is 2. The zero-order valence-corrected chi connectivity index (χ0v) is 14.2. The minimum atomic E-state index is 0.0704. The van der Waals surface area contributed by atoms with Crippen LogP contribution in [0.3, 0.4) is 0 Å². The van der Waals surface area contributed by atoms with Crippen molar-refractivity contribution in [3.63, 3.8) is 0 Å².